The molecule has 1 fully saturated rings. The lowest BCUT2D eigenvalue weighted by Gasteiger charge is -2.48. The highest BCUT2D eigenvalue weighted by molar-refractivity contribution is 6.37. The lowest BCUT2D eigenvalue weighted by atomic mass is 9.83. The SMILES string of the molecule is CC(C)C1(O)CN(C(=O)C=Cc2c(Cl)cccc2Cl)C1. The lowest BCUT2D eigenvalue weighted by molar-refractivity contribution is -0.158. The maximum absolute atomic E-state index is 12.0. The Hall–Kier alpha value is -1.03. The van der Waals surface area contributed by atoms with Crippen molar-refractivity contribution in [2.45, 2.75) is 19.4 Å². The number of β-amino-alcohol motifs (C(OH)–C–C–N with tert-alkyl or cyclic N) is 1. The van der Waals surface area contributed by atoms with E-state index in [4.69, 9.17) is 23.2 Å². The zero-order valence-electron chi connectivity index (χ0n) is 11.4. The molecule has 5 heteroatoms. The normalized spacial score (nSPS) is 17.6. The molecule has 0 aromatic heterocycles. The molecule has 108 valence electrons. The average Bonchev–Trinajstić information content (AvgIpc) is 2.33. The first-order valence-electron chi connectivity index (χ1n) is 6.47. The number of hydrogen-bond donors (Lipinski definition) is 1. The quantitative estimate of drug-likeness (QED) is 0.870. The van der Waals surface area contributed by atoms with Gasteiger partial charge in [-0.05, 0) is 24.1 Å². The van der Waals surface area contributed by atoms with Gasteiger partial charge in [0.15, 0.2) is 0 Å². The summed E-state index contributed by atoms with van der Waals surface area (Å²) in [5, 5.41) is 11.1. The number of likely N-dealkylation sites (tertiary alicyclic amines) is 1. The van der Waals surface area contributed by atoms with Crippen LogP contribution in [0.15, 0.2) is 24.3 Å². The predicted octanol–water partition coefficient (Wildman–Crippen LogP) is 3.24. The van der Waals surface area contributed by atoms with Gasteiger partial charge in [-0.1, -0.05) is 43.1 Å². The van der Waals surface area contributed by atoms with E-state index in [1.807, 2.05) is 13.8 Å². The van der Waals surface area contributed by atoms with E-state index in [2.05, 4.69) is 0 Å². The maximum atomic E-state index is 12.0. The molecular weight excluding hydrogens is 297 g/mol. The van der Waals surface area contributed by atoms with Crippen molar-refractivity contribution in [3.05, 3.63) is 39.9 Å². The molecule has 1 amide bonds. The van der Waals surface area contributed by atoms with Crippen LogP contribution in [0, 0.1) is 5.92 Å². The molecule has 0 bridgehead atoms. The first-order chi connectivity index (χ1) is 9.33. The molecule has 0 radical (unpaired) electrons. The molecule has 1 N–H and O–H groups in total. The van der Waals surface area contributed by atoms with Crippen LogP contribution in [0.4, 0.5) is 0 Å². The molecule has 1 aromatic carbocycles. The molecule has 0 aliphatic carbocycles. The van der Waals surface area contributed by atoms with E-state index in [-0.39, 0.29) is 11.8 Å². The highest BCUT2D eigenvalue weighted by Gasteiger charge is 2.45. The maximum Gasteiger partial charge on any atom is 0.246 e. The summed E-state index contributed by atoms with van der Waals surface area (Å²) in [4.78, 5) is 13.6. The van der Waals surface area contributed by atoms with E-state index in [1.165, 1.54) is 6.08 Å². The minimum absolute atomic E-state index is 0.133. The highest BCUT2D eigenvalue weighted by atomic mass is 35.5. The summed E-state index contributed by atoms with van der Waals surface area (Å²) >= 11 is 12.1. The summed E-state index contributed by atoms with van der Waals surface area (Å²) in [5.41, 5.74) is -0.130. The van der Waals surface area contributed by atoms with Crippen LogP contribution in [-0.2, 0) is 4.79 Å². The molecule has 0 atom stereocenters. The molecular formula is C15H17Cl2NO2. The van der Waals surface area contributed by atoms with Crippen LogP contribution in [0.3, 0.4) is 0 Å². The Morgan fingerprint density at radius 3 is 2.40 bits per heavy atom. The largest absolute Gasteiger partial charge is 0.386 e. The summed E-state index contributed by atoms with van der Waals surface area (Å²) in [6.45, 7) is 4.62. The predicted molar refractivity (Wildman–Crippen MR) is 81.9 cm³/mol. The number of hydrogen-bond acceptors (Lipinski definition) is 2. The standard InChI is InChI=1S/C15H17Cl2NO2/c1-10(2)15(20)8-18(9-15)14(19)7-6-11-12(16)4-3-5-13(11)17/h3-7,10,20H,8-9H2,1-2H3. The molecule has 1 aromatic rings. The molecule has 2 rings (SSSR count). The lowest BCUT2D eigenvalue weighted by Crippen LogP contribution is -2.65. The van der Waals surface area contributed by atoms with E-state index in [0.29, 0.717) is 28.7 Å². The van der Waals surface area contributed by atoms with Gasteiger partial charge in [-0.2, -0.15) is 0 Å². The number of carbonyl (C=O) groups excluding carboxylic acids is 1. The van der Waals surface area contributed by atoms with Gasteiger partial charge >= 0.3 is 0 Å². The number of nitrogens with zero attached hydrogens (tertiary/aromatic N) is 1. The Bertz CT molecular complexity index is 529. The fraction of sp³-hybridized carbons (Fsp3) is 0.400. The second-order valence-corrected chi connectivity index (χ2v) is 6.24. The van der Waals surface area contributed by atoms with Gasteiger partial charge < -0.3 is 10.0 Å². The third-order valence-electron chi connectivity index (χ3n) is 3.71. The van der Waals surface area contributed by atoms with Crippen LogP contribution in [0.5, 0.6) is 0 Å². The van der Waals surface area contributed by atoms with E-state index in [0.717, 1.165) is 0 Å². The Kier molecular flexibility index (Phi) is 4.43. The minimum atomic E-state index is -0.758. The molecule has 1 aliphatic heterocycles. The number of halogens is 2. The third-order valence-corrected chi connectivity index (χ3v) is 4.37. The second kappa shape index (κ2) is 5.76. The van der Waals surface area contributed by atoms with Crippen molar-refractivity contribution < 1.29 is 9.90 Å². The summed E-state index contributed by atoms with van der Waals surface area (Å²) in [5.74, 6) is -0.0140. The zero-order chi connectivity index (χ0) is 14.9. The molecule has 3 nitrogen and oxygen atoms in total. The third kappa shape index (κ3) is 3.00. The van der Waals surface area contributed by atoms with Crippen LogP contribution in [0.1, 0.15) is 19.4 Å². The van der Waals surface area contributed by atoms with Gasteiger partial charge in [0.2, 0.25) is 5.91 Å². The molecule has 1 heterocycles. The number of rotatable bonds is 3. The van der Waals surface area contributed by atoms with E-state index >= 15 is 0 Å². The van der Waals surface area contributed by atoms with Crippen LogP contribution >= 0.6 is 23.2 Å². The number of amides is 1. The highest BCUT2D eigenvalue weighted by Crippen LogP contribution is 2.29. The topological polar surface area (TPSA) is 40.5 Å². The molecule has 1 aliphatic rings. The number of aliphatic hydroxyl groups is 1. The van der Waals surface area contributed by atoms with Gasteiger partial charge in [-0.3, -0.25) is 4.79 Å². The monoisotopic (exact) mass is 313 g/mol. The van der Waals surface area contributed by atoms with Crippen molar-refractivity contribution >= 4 is 35.2 Å². The van der Waals surface area contributed by atoms with Crippen LogP contribution in [0.2, 0.25) is 10.0 Å². The number of benzene rings is 1. The smallest absolute Gasteiger partial charge is 0.246 e. The molecule has 0 spiro atoms. The van der Waals surface area contributed by atoms with Gasteiger partial charge in [0.05, 0.1) is 13.1 Å². The van der Waals surface area contributed by atoms with E-state index < -0.39 is 5.60 Å². The van der Waals surface area contributed by atoms with Gasteiger partial charge in [-0.15, -0.1) is 0 Å². The van der Waals surface area contributed by atoms with Gasteiger partial charge in [0, 0.05) is 21.7 Å². The van der Waals surface area contributed by atoms with Crippen molar-refractivity contribution in [1.82, 2.24) is 4.90 Å². The average molecular weight is 314 g/mol. The first-order valence-corrected chi connectivity index (χ1v) is 7.22. The van der Waals surface area contributed by atoms with Crippen LogP contribution in [-0.4, -0.2) is 34.6 Å². The minimum Gasteiger partial charge on any atom is -0.386 e. The summed E-state index contributed by atoms with van der Waals surface area (Å²) in [6.07, 6.45) is 3.05. The summed E-state index contributed by atoms with van der Waals surface area (Å²) in [7, 11) is 0. The zero-order valence-corrected chi connectivity index (χ0v) is 12.9. The number of carbonyl (C=O) groups is 1. The van der Waals surface area contributed by atoms with Crippen molar-refractivity contribution in [2.75, 3.05) is 13.1 Å². The Morgan fingerprint density at radius 2 is 1.90 bits per heavy atom. The molecule has 1 saturated heterocycles. The van der Waals surface area contributed by atoms with Crippen molar-refractivity contribution in [3.8, 4) is 0 Å². The van der Waals surface area contributed by atoms with Gasteiger partial charge in [0.1, 0.15) is 5.60 Å². The van der Waals surface area contributed by atoms with Crippen molar-refractivity contribution in [3.63, 3.8) is 0 Å². The van der Waals surface area contributed by atoms with Crippen molar-refractivity contribution in [1.29, 1.82) is 0 Å². The summed E-state index contributed by atoms with van der Waals surface area (Å²) < 4.78 is 0. The van der Waals surface area contributed by atoms with Crippen LogP contribution in [0.25, 0.3) is 6.08 Å². The van der Waals surface area contributed by atoms with Gasteiger partial charge in [-0.25, -0.2) is 0 Å². The Balaban J connectivity index is 2.02. The van der Waals surface area contributed by atoms with E-state index in [1.54, 1.807) is 29.2 Å². The second-order valence-electron chi connectivity index (χ2n) is 5.42. The molecule has 0 unspecified atom stereocenters. The first kappa shape index (κ1) is 15.4. The molecule has 0 saturated carbocycles. The Labute approximate surface area is 128 Å². The van der Waals surface area contributed by atoms with Gasteiger partial charge in [0.25, 0.3) is 0 Å². The van der Waals surface area contributed by atoms with Crippen molar-refractivity contribution in [2.24, 2.45) is 5.92 Å². The fourth-order valence-corrected chi connectivity index (χ4v) is 2.59. The fourth-order valence-electron chi connectivity index (χ4n) is 2.07. The molecule has 20 heavy (non-hydrogen) atoms. The van der Waals surface area contributed by atoms with E-state index in [9.17, 15) is 9.90 Å². The Morgan fingerprint density at radius 1 is 1.35 bits per heavy atom. The van der Waals surface area contributed by atoms with Crippen LogP contribution < -0.4 is 0 Å². The summed E-state index contributed by atoms with van der Waals surface area (Å²) in [6, 6.07) is 5.19.